The second-order valence-corrected chi connectivity index (χ2v) is 4.23. The van der Waals surface area contributed by atoms with E-state index in [0.29, 0.717) is 0 Å². The van der Waals surface area contributed by atoms with Crippen molar-refractivity contribution in [3.63, 3.8) is 0 Å². The molecule has 0 radical (unpaired) electrons. The van der Waals surface area contributed by atoms with Crippen molar-refractivity contribution in [3.8, 4) is 0 Å². The van der Waals surface area contributed by atoms with Gasteiger partial charge in [0, 0.05) is 6.20 Å². The maximum absolute atomic E-state index is 4.33. The third kappa shape index (κ3) is 3.42. The van der Waals surface area contributed by atoms with E-state index < -0.39 is 0 Å². The minimum absolute atomic E-state index is 0.912. The third-order valence-corrected chi connectivity index (χ3v) is 2.95. The van der Waals surface area contributed by atoms with Crippen molar-refractivity contribution in [3.05, 3.63) is 103 Å². The summed E-state index contributed by atoms with van der Waals surface area (Å²) >= 11 is 0. The van der Waals surface area contributed by atoms with E-state index in [2.05, 4.69) is 30.3 Å². The molecule has 0 N–H and O–H groups in total. The number of pyridine rings is 1. The molecule has 20 heavy (non-hydrogen) atoms. The monoisotopic (exact) mass is 259 g/mol. The number of aromatic nitrogens is 1. The minimum atomic E-state index is 0.912. The van der Waals surface area contributed by atoms with Crippen LogP contribution in [-0.4, -0.2) is 4.98 Å². The van der Waals surface area contributed by atoms with Crippen LogP contribution in [0, 0.1) is 0 Å². The molecule has 0 saturated heterocycles. The highest BCUT2D eigenvalue weighted by molar-refractivity contribution is 5.79. The van der Waals surface area contributed by atoms with Gasteiger partial charge in [-0.3, -0.25) is 4.98 Å². The molecule has 1 heterocycles. The quantitative estimate of drug-likeness (QED) is 0.694. The predicted molar refractivity (Wildman–Crippen MR) is 87.0 cm³/mol. The summed E-state index contributed by atoms with van der Waals surface area (Å²) in [7, 11) is 0. The lowest BCUT2D eigenvalue weighted by Crippen LogP contribution is -1.85. The molecule has 0 fully saturated rings. The summed E-state index contributed by atoms with van der Waals surface area (Å²) in [4.78, 5) is 4.33. The molecule has 1 aromatic heterocycles. The molecule has 0 bridgehead atoms. The van der Waals surface area contributed by atoms with Crippen molar-refractivity contribution in [2.45, 2.75) is 0 Å². The van der Waals surface area contributed by atoms with Gasteiger partial charge in [0.15, 0.2) is 0 Å². The summed E-state index contributed by atoms with van der Waals surface area (Å²) in [5.41, 5.74) is 4.11. The lowest BCUT2D eigenvalue weighted by molar-refractivity contribution is 1.28. The molecule has 0 atom stereocenters. The van der Waals surface area contributed by atoms with Gasteiger partial charge in [0.2, 0.25) is 0 Å². The van der Waals surface area contributed by atoms with Gasteiger partial charge in [-0.05, 0) is 28.8 Å². The fourth-order valence-corrected chi connectivity index (χ4v) is 1.88. The van der Waals surface area contributed by atoms with Gasteiger partial charge in [0.1, 0.15) is 0 Å². The highest BCUT2D eigenvalue weighted by atomic mass is 14.7. The van der Waals surface area contributed by atoms with Crippen molar-refractivity contribution in [1.29, 1.82) is 0 Å². The van der Waals surface area contributed by atoms with Crippen molar-refractivity contribution >= 4 is 11.1 Å². The Kier molecular flexibility index (Phi) is 4.85. The van der Waals surface area contributed by atoms with E-state index in [1.54, 1.807) is 6.20 Å². The number of hydrogen-bond acceptors (Lipinski definition) is 1. The summed E-state index contributed by atoms with van der Waals surface area (Å²) in [5.74, 6) is 0. The van der Waals surface area contributed by atoms with Gasteiger partial charge in [0.05, 0.1) is 5.69 Å². The van der Waals surface area contributed by atoms with E-state index in [0.717, 1.165) is 22.4 Å². The van der Waals surface area contributed by atoms with E-state index in [9.17, 15) is 0 Å². The van der Waals surface area contributed by atoms with Crippen LogP contribution in [0.25, 0.3) is 11.1 Å². The molecule has 1 heteroatoms. The Balaban J connectivity index is 2.35. The van der Waals surface area contributed by atoms with Gasteiger partial charge in [-0.2, -0.15) is 0 Å². The Morgan fingerprint density at radius 3 is 2.05 bits per heavy atom. The Labute approximate surface area is 120 Å². The Hall–Kier alpha value is -2.67. The van der Waals surface area contributed by atoms with Gasteiger partial charge in [-0.1, -0.05) is 73.9 Å². The number of rotatable bonds is 5. The molecule has 2 rings (SSSR count). The van der Waals surface area contributed by atoms with Crippen LogP contribution >= 0.6 is 0 Å². The first kappa shape index (κ1) is 13.8. The number of allylic oxidation sites excluding steroid dienone is 6. The highest BCUT2D eigenvalue weighted by Crippen LogP contribution is 2.18. The molecule has 0 aliphatic heterocycles. The summed E-state index contributed by atoms with van der Waals surface area (Å²) in [5, 5.41) is 0. The predicted octanol–water partition coefficient (Wildman–Crippen LogP) is 4.92. The second kappa shape index (κ2) is 7.05. The molecule has 0 unspecified atom stereocenters. The summed E-state index contributed by atoms with van der Waals surface area (Å²) in [6, 6.07) is 16.0. The van der Waals surface area contributed by atoms with E-state index in [-0.39, 0.29) is 0 Å². The topological polar surface area (TPSA) is 12.9 Å². The average molecular weight is 259 g/mol. The number of nitrogens with zero attached hydrogens (tertiary/aromatic N) is 1. The van der Waals surface area contributed by atoms with E-state index in [1.807, 2.05) is 60.7 Å². The molecule has 0 aliphatic carbocycles. The molecule has 0 saturated carbocycles. The molecular formula is C19H17N. The average Bonchev–Trinajstić information content (AvgIpc) is 2.53. The lowest BCUT2D eigenvalue weighted by Gasteiger charge is -2.02. The fraction of sp³-hybridized carbons (Fsp3) is 0. The SMILES string of the molecule is C=C/C(=C\C=C(/C=C)c1ccccn1)c1ccccc1. The molecule has 0 amide bonds. The summed E-state index contributed by atoms with van der Waals surface area (Å²) in [6.07, 6.45) is 9.49. The Morgan fingerprint density at radius 2 is 1.45 bits per heavy atom. The van der Waals surface area contributed by atoms with Crippen molar-refractivity contribution in [2.75, 3.05) is 0 Å². The fourth-order valence-electron chi connectivity index (χ4n) is 1.88. The molecule has 1 nitrogen and oxygen atoms in total. The molecular weight excluding hydrogens is 242 g/mol. The first-order chi connectivity index (χ1) is 9.85. The van der Waals surface area contributed by atoms with E-state index in [1.165, 1.54) is 0 Å². The molecule has 2 aromatic rings. The van der Waals surface area contributed by atoms with Crippen LogP contribution in [0.4, 0.5) is 0 Å². The third-order valence-electron chi connectivity index (χ3n) is 2.95. The van der Waals surface area contributed by atoms with Crippen LogP contribution in [-0.2, 0) is 0 Å². The van der Waals surface area contributed by atoms with Crippen LogP contribution in [0.1, 0.15) is 11.3 Å². The van der Waals surface area contributed by atoms with Gasteiger partial charge in [0.25, 0.3) is 0 Å². The van der Waals surface area contributed by atoms with Gasteiger partial charge in [-0.15, -0.1) is 0 Å². The van der Waals surface area contributed by atoms with Crippen LogP contribution in [0.5, 0.6) is 0 Å². The Morgan fingerprint density at radius 1 is 0.800 bits per heavy atom. The van der Waals surface area contributed by atoms with Crippen LogP contribution in [0.2, 0.25) is 0 Å². The van der Waals surface area contributed by atoms with E-state index in [4.69, 9.17) is 0 Å². The first-order valence-electron chi connectivity index (χ1n) is 6.49. The van der Waals surface area contributed by atoms with Gasteiger partial charge >= 0.3 is 0 Å². The largest absolute Gasteiger partial charge is 0.256 e. The molecule has 98 valence electrons. The van der Waals surface area contributed by atoms with Gasteiger partial charge in [-0.25, -0.2) is 0 Å². The lowest BCUT2D eigenvalue weighted by atomic mass is 10.0. The summed E-state index contributed by atoms with van der Waals surface area (Å²) in [6.45, 7) is 7.73. The van der Waals surface area contributed by atoms with Crippen LogP contribution in [0.3, 0.4) is 0 Å². The minimum Gasteiger partial charge on any atom is -0.256 e. The molecule has 0 spiro atoms. The standard InChI is InChI=1S/C19H17N/c1-3-16(18-10-6-5-7-11-18)13-14-17(4-2)19-12-8-9-15-20-19/h3-15H,1-2H2/b16-13+,17-14+. The van der Waals surface area contributed by atoms with Crippen LogP contribution < -0.4 is 0 Å². The summed E-state index contributed by atoms with van der Waals surface area (Å²) < 4.78 is 0. The molecule has 1 aromatic carbocycles. The van der Waals surface area contributed by atoms with Crippen molar-refractivity contribution in [2.24, 2.45) is 0 Å². The maximum atomic E-state index is 4.33. The first-order valence-corrected chi connectivity index (χ1v) is 6.49. The van der Waals surface area contributed by atoms with Crippen molar-refractivity contribution < 1.29 is 0 Å². The zero-order valence-corrected chi connectivity index (χ0v) is 11.4. The zero-order valence-electron chi connectivity index (χ0n) is 11.4. The van der Waals surface area contributed by atoms with Crippen molar-refractivity contribution in [1.82, 2.24) is 4.98 Å². The second-order valence-electron chi connectivity index (χ2n) is 4.23. The maximum Gasteiger partial charge on any atom is 0.0701 e. The normalized spacial score (nSPS) is 12.0. The van der Waals surface area contributed by atoms with Crippen LogP contribution in [0.15, 0.2) is 92.2 Å². The Bertz CT molecular complexity index is 574. The zero-order chi connectivity index (χ0) is 14.2. The highest BCUT2D eigenvalue weighted by Gasteiger charge is 1.98. The number of benzene rings is 1. The number of hydrogen-bond donors (Lipinski definition) is 0. The molecule has 0 aliphatic rings. The van der Waals surface area contributed by atoms with Gasteiger partial charge < -0.3 is 0 Å². The van der Waals surface area contributed by atoms with E-state index >= 15 is 0 Å². The smallest absolute Gasteiger partial charge is 0.0701 e.